The Kier molecular flexibility index (Phi) is 3.58. The Morgan fingerprint density at radius 3 is 2.56 bits per heavy atom. The minimum atomic E-state index is -0.465. The van der Waals surface area contributed by atoms with Crippen LogP contribution >= 0.6 is 0 Å². The van der Waals surface area contributed by atoms with E-state index in [0.29, 0.717) is 11.3 Å². The lowest BCUT2D eigenvalue weighted by molar-refractivity contribution is 0.436. The number of halogens is 2. The average Bonchev–Trinajstić information content (AvgIpc) is 2.36. The molecule has 0 heterocycles. The van der Waals surface area contributed by atoms with Gasteiger partial charge in [0.15, 0.2) is 11.6 Å². The maximum absolute atomic E-state index is 13.5. The Morgan fingerprint density at radius 1 is 1.06 bits per heavy atom. The van der Waals surface area contributed by atoms with Crippen LogP contribution in [0.25, 0.3) is 0 Å². The first-order chi connectivity index (χ1) is 8.60. The van der Waals surface area contributed by atoms with Gasteiger partial charge in [0.05, 0.1) is 0 Å². The van der Waals surface area contributed by atoms with E-state index in [1.54, 1.807) is 12.1 Å². The molecule has 2 rings (SSSR count). The van der Waals surface area contributed by atoms with Gasteiger partial charge < -0.3 is 10.5 Å². The Hall–Kier alpha value is -1.94. The highest BCUT2D eigenvalue weighted by Crippen LogP contribution is 2.28. The summed E-state index contributed by atoms with van der Waals surface area (Å²) in [5.74, 6) is -0.389. The van der Waals surface area contributed by atoms with Crippen LogP contribution in [0.1, 0.15) is 11.1 Å². The normalized spacial score (nSPS) is 10.4. The van der Waals surface area contributed by atoms with Crippen LogP contribution in [0.15, 0.2) is 36.4 Å². The van der Waals surface area contributed by atoms with Crippen LogP contribution < -0.4 is 10.5 Å². The highest BCUT2D eigenvalue weighted by atomic mass is 19.1. The zero-order valence-electron chi connectivity index (χ0n) is 9.91. The van der Waals surface area contributed by atoms with Crippen LogP contribution in [0, 0.1) is 18.6 Å². The third-order valence-corrected chi connectivity index (χ3v) is 2.55. The number of rotatable bonds is 3. The van der Waals surface area contributed by atoms with Gasteiger partial charge in [-0.15, -0.1) is 0 Å². The average molecular weight is 249 g/mol. The Labute approximate surface area is 104 Å². The molecule has 0 aliphatic rings. The van der Waals surface area contributed by atoms with E-state index in [1.165, 1.54) is 24.3 Å². The van der Waals surface area contributed by atoms with Crippen LogP contribution in [0.2, 0.25) is 0 Å². The van der Waals surface area contributed by atoms with Crippen molar-refractivity contribution in [3.8, 4) is 11.5 Å². The van der Waals surface area contributed by atoms with Crippen molar-refractivity contribution >= 4 is 0 Å². The number of aryl methyl sites for hydroxylation is 1. The minimum absolute atomic E-state index is 0.108. The quantitative estimate of drug-likeness (QED) is 0.903. The summed E-state index contributed by atoms with van der Waals surface area (Å²) in [6, 6.07) is 8.54. The molecule has 0 unspecified atom stereocenters. The van der Waals surface area contributed by atoms with E-state index >= 15 is 0 Å². The predicted molar refractivity (Wildman–Crippen MR) is 65.5 cm³/mol. The van der Waals surface area contributed by atoms with Crippen LogP contribution in [0.4, 0.5) is 8.78 Å². The summed E-state index contributed by atoms with van der Waals surface area (Å²) in [7, 11) is 0. The SMILES string of the molecule is Cc1ccc(F)c(Oc2ccc(F)cc2CN)c1. The van der Waals surface area contributed by atoms with Crippen molar-refractivity contribution in [2.75, 3.05) is 0 Å². The lowest BCUT2D eigenvalue weighted by Gasteiger charge is -2.11. The van der Waals surface area contributed by atoms with Gasteiger partial charge in [0.2, 0.25) is 0 Å². The lowest BCUT2D eigenvalue weighted by Crippen LogP contribution is -2.01. The van der Waals surface area contributed by atoms with E-state index in [0.717, 1.165) is 5.56 Å². The van der Waals surface area contributed by atoms with Gasteiger partial charge in [-0.25, -0.2) is 8.78 Å². The molecule has 0 saturated heterocycles. The monoisotopic (exact) mass is 249 g/mol. The third-order valence-electron chi connectivity index (χ3n) is 2.55. The zero-order chi connectivity index (χ0) is 13.1. The molecular formula is C14H13F2NO. The number of benzene rings is 2. The van der Waals surface area contributed by atoms with E-state index in [9.17, 15) is 8.78 Å². The molecule has 0 aromatic heterocycles. The fourth-order valence-electron chi connectivity index (χ4n) is 1.61. The summed E-state index contributed by atoms with van der Waals surface area (Å²) < 4.78 is 32.0. The highest BCUT2D eigenvalue weighted by Gasteiger charge is 2.09. The molecule has 0 aliphatic heterocycles. The van der Waals surface area contributed by atoms with E-state index in [1.807, 2.05) is 6.92 Å². The first-order valence-electron chi connectivity index (χ1n) is 5.52. The van der Waals surface area contributed by atoms with Gasteiger partial charge in [0, 0.05) is 12.1 Å². The summed E-state index contributed by atoms with van der Waals surface area (Å²) >= 11 is 0. The van der Waals surface area contributed by atoms with Gasteiger partial charge in [-0.3, -0.25) is 0 Å². The van der Waals surface area contributed by atoms with Crippen molar-refractivity contribution in [1.82, 2.24) is 0 Å². The second-order valence-corrected chi connectivity index (χ2v) is 3.99. The van der Waals surface area contributed by atoms with Crippen molar-refractivity contribution in [2.24, 2.45) is 5.73 Å². The smallest absolute Gasteiger partial charge is 0.165 e. The van der Waals surface area contributed by atoms with Gasteiger partial charge in [-0.1, -0.05) is 6.07 Å². The van der Waals surface area contributed by atoms with Crippen LogP contribution in [0.3, 0.4) is 0 Å². The molecule has 0 fully saturated rings. The molecule has 0 amide bonds. The number of hydrogen-bond acceptors (Lipinski definition) is 2. The molecule has 2 N–H and O–H groups in total. The van der Waals surface area contributed by atoms with Crippen molar-refractivity contribution in [3.63, 3.8) is 0 Å². The fourth-order valence-corrected chi connectivity index (χ4v) is 1.61. The molecule has 2 aromatic carbocycles. The van der Waals surface area contributed by atoms with Gasteiger partial charge >= 0.3 is 0 Å². The van der Waals surface area contributed by atoms with Crippen molar-refractivity contribution in [1.29, 1.82) is 0 Å². The lowest BCUT2D eigenvalue weighted by atomic mass is 10.2. The second kappa shape index (κ2) is 5.14. The molecule has 18 heavy (non-hydrogen) atoms. The molecule has 0 saturated carbocycles. The summed E-state index contributed by atoms with van der Waals surface area (Å²) in [4.78, 5) is 0. The fraction of sp³-hybridized carbons (Fsp3) is 0.143. The van der Waals surface area contributed by atoms with Gasteiger partial charge in [-0.2, -0.15) is 0 Å². The second-order valence-electron chi connectivity index (χ2n) is 3.99. The molecule has 0 radical (unpaired) electrons. The maximum atomic E-state index is 13.5. The van der Waals surface area contributed by atoms with Crippen LogP contribution in [-0.2, 0) is 6.54 Å². The molecule has 2 nitrogen and oxygen atoms in total. The van der Waals surface area contributed by atoms with E-state index in [2.05, 4.69) is 0 Å². The number of ether oxygens (including phenoxy) is 1. The van der Waals surface area contributed by atoms with E-state index in [-0.39, 0.29) is 12.3 Å². The predicted octanol–water partition coefficient (Wildman–Crippen LogP) is 3.52. The summed E-state index contributed by atoms with van der Waals surface area (Å²) in [5.41, 5.74) is 6.87. The van der Waals surface area contributed by atoms with Crippen molar-refractivity contribution in [2.45, 2.75) is 13.5 Å². The minimum Gasteiger partial charge on any atom is -0.454 e. The summed E-state index contributed by atoms with van der Waals surface area (Å²) in [5, 5.41) is 0. The first-order valence-corrected chi connectivity index (χ1v) is 5.52. The van der Waals surface area contributed by atoms with Gasteiger partial charge in [0.1, 0.15) is 11.6 Å². The summed E-state index contributed by atoms with van der Waals surface area (Å²) in [6.07, 6.45) is 0. The van der Waals surface area contributed by atoms with Crippen molar-refractivity contribution < 1.29 is 13.5 Å². The first kappa shape index (κ1) is 12.5. The molecule has 0 atom stereocenters. The number of hydrogen-bond donors (Lipinski definition) is 1. The molecule has 0 spiro atoms. The highest BCUT2D eigenvalue weighted by molar-refractivity contribution is 5.39. The Balaban J connectivity index is 2.36. The Bertz CT molecular complexity index is 570. The topological polar surface area (TPSA) is 35.2 Å². The molecular weight excluding hydrogens is 236 g/mol. The Morgan fingerprint density at radius 2 is 1.83 bits per heavy atom. The number of nitrogens with two attached hydrogens (primary N) is 1. The molecule has 0 bridgehead atoms. The largest absolute Gasteiger partial charge is 0.454 e. The molecule has 4 heteroatoms. The summed E-state index contributed by atoms with van der Waals surface area (Å²) in [6.45, 7) is 1.96. The zero-order valence-corrected chi connectivity index (χ0v) is 9.91. The van der Waals surface area contributed by atoms with Gasteiger partial charge in [0.25, 0.3) is 0 Å². The maximum Gasteiger partial charge on any atom is 0.165 e. The van der Waals surface area contributed by atoms with E-state index < -0.39 is 11.6 Å². The standard InChI is InChI=1S/C14H13F2NO/c1-9-2-4-12(16)14(6-9)18-13-5-3-11(15)7-10(13)8-17/h2-7H,8,17H2,1H3. The molecule has 0 aliphatic carbocycles. The molecule has 94 valence electrons. The van der Waals surface area contributed by atoms with Crippen LogP contribution in [-0.4, -0.2) is 0 Å². The van der Waals surface area contributed by atoms with E-state index in [4.69, 9.17) is 10.5 Å². The van der Waals surface area contributed by atoms with Gasteiger partial charge in [-0.05, 0) is 42.8 Å². The third kappa shape index (κ3) is 2.65. The van der Waals surface area contributed by atoms with Crippen molar-refractivity contribution in [3.05, 3.63) is 59.2 Å². The molecule has 2 aromatic rings. The van der Waals surface area contributed by atoms with Crippen LogP contribution in [0.5, 0.6) is 11.5 Å².